The molecule has 6 nitrogen and oxygen atoms in total. The zero-order valence-corrected chi connectivity index (χ0v) is 25.0. The van der Waals surface area contributed by atoms with E-state index in [1.165, 1.54) is 13.2 Å². The topological polar surface area (TPSA) is 78.9 Å². The molecule has 0 N–H and O–H groups in total. The van der Waals surface area contributed by atoms with Gasteiger partial charge in [0.25, 0.3) is 0 Å². The maximum absolute atomic E-state index is 14.2. The van der Waals surface area contributed by atoms with Crippen molar-refractivity contribution in [3.8, 4) is 22.6 Å². The maximum atomic E-state index is 14.2. The van der Waals surface area contributed by atoms with E-state index in [-0.39, 0.29) is 42.1 Å². The van der Waals surface area contributed by atoms with Gasteiger partial charge in [0.05, 0.1) is 38.1 Å². The highest BCUT2D eigenvalue weighted by Crippen LogP contribution is 2.47. The number of benzene rings is 3. The highest BCUT2D eigenvalue weighted by Gasteiger charge is 2.37. The van der Waals surface area contributed by atoms with Crippen LogP contribution in [0.15, 0.2) is 54.6 Å². The zero-order chi connectivity index (χ0) is 30.8. The molecule has 0 unspecified atom stereocenters. The van der Waals surface area contributed by atoms with Crippen molar-refractivity contribution in [1.29, 1.82) is 0 Å². The molecule has 43 heavy (non-hydrogen) atoms. The van der Waals surface area contributed by atoms with Crippen molar-refractivity contribution in [2.75, 3.05) is 32.3 Å². The summed E-state index contributed by atoms with van der Waals surface area (Å²) in [6.07, 6.45) is 0.146. The Hall–Kier alpha value is -3.53. The second kappa shape index (κ2) is 12.6. The van der Waals surface area contributed by atoms with Gasteiger partial charge in [0.1, 0.15) is 21.3 Å². The number of fused-ring (bicyclic) bond motifs is 2. The Morgan fingerprint density at radius 3 is 2.47 bits per heavy atom. The standard InChI is InChI=1S/C33H35F3O6S/c1-40-31(37)19-24-20-42-30-18-21(5-12-27(24)30)4-6-22-9-13-28-26(22)14-15-29(33(34,35)36)32(28)23-7-10-25(11-8-23)41-16-3-17-43(2,38)39/h5,7-8,10-12,14-15,18,22,24H,3-4,6,9,13,16-17,19-20H2,1-2H3/t22-,24-/m1/s1. The third-order valence-corrected chi connectivity index (χ3v) is 9.32. The number of rotatable bonds is 11. The van der Waals surface area contributed by atoms with Crippen LogP contribution in [0.25, 0.3) is 11.1 Å². The second-order valence-electron chi connectivity index (χ2n) is 11.3. The lowest BCUT2D eigenvalue weighted by atomic mass is 9.88. The molecule has 10 heteroatoms. The second-order valence-corrected chi connectivity index (χ2v) is 13.6. The summed E-state index contributed by atoms with van der Waals surface area (Å²) in [7, 11) is -1.71. The third-order valence-electron chi connectivity index (χ3n) is 8.29. The van der Waals surface area contributed by atoms with E-state index in [1.54, 1.807) is 30.3 Å². The summed E-state index contributed by atoms with van der Waals surface area (Å²) in [6.45, 7) is 0.636. The van der Waals surface area contributed by atoms with Crippen LogP contribution >= 0.6 is 0 Å². The molecule has 5 rings (SSSR count). The average Bonchev–Trinajstić information content (AvgIpc) is 3.56. The molecular formula is C33H35F3O6S. The van der Waals surface area contributed by atoms with Crippen LogP contribution in [0.4, 0.5) is 13.2 Å². The van der Waals surface area contributed by atoms with Gasteiger partial charge in [-0.15, -0.1) is 0 Å². The molecule has 0 fully saturated rings. The van der Waals surface area contributed by atoms with Crippen LogP contribution < -0.4 is 9.47 Å². The van der Waals surface area contributed by atoms with Crippen LogP contribution in [0.1, 0.15) is 65.3 Å². The minimum Gasteiger partial charge on any atom is -0.494 e. The molecule has 0 saturated carbocycles. The van der Waals surface area contributed by atoms with E-state index in [0.717, 1.165) is 53.5 Å². The first-order valence-electron chi connectivity index (χ1n) is 14.4. The minimum atomic E-state index is -4.50. The fraction of sp³-hybridized carbons (Fsp3) is 0.424. The van der Waals surface area contributed by atoms with Gasteiger partial charge in [-0.2, -0.15) is 13.2 Å². The SMILES string of the molecule is COC(=O)C[C@@H]1COc2cc(CC[C@@H]3CCc4c3ccc(C(F)(F)F)c4-c3ccc(OCCCS(C)(=O)=O)cc3)ccc21. The van der Waals surface area contributed by atoms with Gasteiger partial charge in [0, 0.05) is 17.7 Å². The molecule has 0 spiro atoms. The smallest absolute Gasteiger partial charge is 0.417 e. The van der Waals surface area contributed by atoms with Crippen LogP contribution in [0.5, 0.6) is 11.5 Å². The molecule has 3 aromatic carbocycles. The molecule has 2 atom stereocenters. The molecule has 0 saturated heterocycles. The lowest BCUT2D eigenvalue weighted by Crippen LogP contribution is -2.10. The largest absolute Gasteiger partial charge is 0.494 e. The number of carbonyl (C=O) groups excluding carboxylic acids is 1. The fourth-order valence-electron chi connectivity index (χ4n) is 6.16. The van der Waals surface area contributed by atoms with Gasteiger partial charge < -0.3 is 14.2 Å². The molecular weight excluding hydrogens is 581 g/mol. The van der Waals surface area contributed by atoms with Gasteiger partial charge in [-0.3, -0.25) is 4.79 Å². The zero-order valence-electron chi connectivity index (χ0n) is 24.2. The quantitative estimate of drug-likeness (QED) is 0.173. The molecule has 230 valence electrons. The van der Waals surface area contributed by atoms with Crippen molar-refractivity contribution in [2.24, 2.45) is 0 Å². The summed E-state index contributed by atoms with van der Waals surface area (Å²) in [5.74, 6) is 1.10. The first kappa shape index (κ1) is 30.9. The number of alkyl halides is 3. The molecule has 0 radical (unpaired) electrons. The lowest BCUT2D eigenvalue weighted by Gasteiger charge is -2.19. The van der Waals surface area contributed by atoms with Gasteiger partial charge in [-0.05, 0) is 90.1 Å². The van der Waals surface area contributed by atoms with Crippen LogP contribution in [-0.2, 0) is 38.4 Å². The fourth-order valence-corrected chi connectivity index (χ4v) is 6.80. The van der Waals surface area contributed by atoms with Crippen LogP contribution in [0.2, 0.25) is 0 Å². The first-order valence-corrected chi connectivity index (χ1v) is 16.5. The summed E-state index contributed by atoms with van der Waals surface area (Å²) in [5.41, 5.74) is 3.83. The summed E-state index contributed by atoms with van der Waals surface area (Å²) >= 11 is 0. The predicted octanol–water partition coefficient (Wildman–Crippen LogP) is 6.89. The molecule has 2 aliphatic rings. The third kappa shape index (κ3) is 7.34. The molecule has 1 aliphatic carbocycles. The van der Waals surface area contributed by atoms with Gasteiger partial charge in [-0.25, -0.2) is 8.42 Å². The number of hydrogen-bond acceptors (Lipinski definition) is 6. The molecule has 0 amide bonds. The van der Waals surface area contributed by atoms with Crippen molar-refractivity contribution < 1.29 is 40.6 Å². The number of sulfone groups is 1. The highest BCUT2D eigenvalue weighted by atomic mass is 32.2. The van der Waals surface area contributed by atoms with E-state index < -0.39 is 21.6 Å². The molecule has 1 heterocycles. The normalized spacial score (nSPS) is 17.7. The van der Waals surface area contributed by atoms with E-state index in [1.807, 2.05) is 18.2 Å². The Labute approximate surface area is 250 Å². The van der Waals surface area contributed by atoms with E-state index in [4.69, 9.17) is 14.2 Å². The summed E-state index contributed by atoms with van der Waals surface area (Å²) in [4.78, 5) is 11.7. The Morgan fingerprint density at radius 1 is 1.02 bits per heavy atom. The maximum Gasteiger partial charge on any atom is 0.417 e. The minimum absolute atomic E-state index is 0.00903. The van der Waals surface area contributed by atoms with Gasteiger partial charge in [-0.1, -0.05) is 30.3 Å². The molecule has 0 aromatic heterocycles. The molecule has 0 bridgehead atoms. The molecule has 1 aliphatic heterocycles. The van der Waals surface area contributed by atoms with Gasteiger partial charge in [0.2, 0.25) is 0 Å². The number of ether oxygens (including phenoxy) is 3. The Bertz CT molecular complexity index is 1580. The van der Waals surface area contributed by atoms with E-state index in [9.17, 15) is 26.4 Å². The lowest BCUT2D eigenvalue weighted by molar-refractivity contribution is -0.141. The van der Waals surface area contributed by atoms with Crippen LogP contribution in [0, 0.1) is 0 Å². The highest BCUT2D eigenvalue weighted by molar-refractivity contribution is 7.90. The number of hydrogen-bond donors (Lipinski definition) is 0. The monoisotopic (exact) mass is 616 g/mol. The average molecular weight is 617 g/mol. The van der Waals surface area contributed by atoms with E-state index in [0.29, 0.717) is 30.8 Å². The van der Waals surface area contributed by atoms with Crippen molar-refractivity contribution in [3.63, 3.8) is 0 Å². The molecule has 3 aromatic rings. The summed E-state index contributed by atoms with van der Waals surface area (Å²) in [6, 6.07) is 15.4. The van der Waals surface area contributed by atoms with Crippen LogP contribution in [-0.4, -0.2) is 46.7 Å². The number of aryl methyl sites for hydroxylation is 1. The van der Waals surface area contributed by atoms with Gasteiger partial charge >= 0.3 is 12.1 Å². The number of methoxy groups -OCH3 is 1. The van der Waals surface area contributed by atoms with Gasteiger partial charge in [0.15, 0.2) is 0 Å². The first-order chi connectivity index (χ1) is 20.4. The summed E-state index contributed by atoms with van der Waals surface area (Å²) in [5, 5.41) is 0. The van der Waals surface area contributed by atoms with Crippen molar-refractivity contribution >= 4 is 15.8 Å². The van der Waals surface area contributed by atoms with Crippen molar-refractivity contribution in [2.45, 2.75) is 56.5 Å². The number of halogens is 3. The Balaban J connectivity index is 1.31. The van der Waals surface area contributed by atoms with Crippen LogP contribution in [0.3, 0.4) is 0 Å². The Morgan fingerprint density at radius 2 is 1.77 bits per heavy atom. The van der Waals surface area contributed by atoms with Crippen molar-refractivity contribution in [3.05, 3.63) is 82.4 Å². The van der Waals surface area contributed by atoms with E-state index in [2.05, 4.69) is 0 Å². The number of carbonyl (C=O) groups is 1. The number of esters is 1. The van der Waals surface area contributed by atoms with Crippen molar-refractivity contribution in [1.82, 2.24) is 0 Å². The Kier molecular flexibility index (Phi) is 9.06. The summed E-state index contributed by atoms with van der Waals surface area (Å²) < 4.78 is 81.4. The predicted molar refractivity (Wildman–Crippen MR) is 157 cm³/mol. The van der Waals surface area contributed by atoms with E-state index >= 15 is 0 Å².